The van der Waals surface area contributed by atoms with Crippen LogP contribution >= 0.6 is 0 Å². The van der Waals surface area contributed by atoms with Crippen LogP contribution < -0.4 is 10.1 Å². The summed E-state index contributed by atoms with van der Waals surface area (Å²) in [5.74, 6) is 1.95. The lowest BCUT2D eigenvalue weighted by Gasteiger charge is -2.19. The first kappa shape index (κ1) is 12.0. The minimum atomic E-state index is 0.141. The molecule has 1 aliphatic rings. The molecule has 0 saturated carbocycles. The smallest absolute Gasteiger partial charge is 0.121 e. The van der Waals surface area contributed by atoms with E-state index in [-0.39, 0.29) is 6.04 Å². The highest BCUT2D eigenvalue weighted by Crippen LogP contribution is 2.29. The van der Waals surface area contributed by atoms with E-state index >= 15 is 0 Å². The van der Waals surface area contributed by atoms with E-state index in [4.69, 9.17) is 9.47 Å². The third kappa shape index (κ3) is 2.44. The molecule has 1 atom stereocenters. The molecule has 17 heavy (non-hydrogen) atoms. The Hall–Kier alpha value is -1.48. The Bertz CT molecular complexity index is 426. The van der Waals surface area contributed by atoms with Crippen molar-refractivity contribution in [1.29, 1.82) is 0 Å². The fourth-order valence-electron chi connectivity index (χ4n) is 2.19. The van der Waals surface area contributed by atoms with Crippen LogP contribution in [0.1, 0.15) is 23.6 Å². The highest BCUT2D eigenvalue weighted by atomic mass is 16.5. The van der Waals surface area contributed by atoms with Crippen LogP contribution in [0.4, 0.5) is 0 Å². The highest BCUT2D eigenvalue weighted by molar-refractivity contribution is 5.39. The predicted octanol–water partition coefficient (Wildman–Crippen LogP) is 2.57. The molecule has 1 N–H and O–H groups in total. The zero-order valence-electron chi connectivity index (χ0n) is 10.6. The molecule has 0 aromatic heterocycles. The van der Waals surface area contributed by atoms with E-state index < -0.39 is 0 Å². The number of benzene rings is 1. The fraction of sp³-hybridized carbons (Fsp3) is 0.429. The first-order valence-corrected chi connectivity index (χ1v) is 5.91. The number of likely N-dealkylation sites (N-methyl/N-ethyl adjacent to an activating group) is 1. The van der Waals surface area contributed by atoms with Crippen molar-refractivity contribution in [3.63, 3.8) is 0 Å². The topological polar surface area (TPSA) is 30.5 Å². The lowest BCUT2D eigenvalue weighted by Crippen LogP contribution is -2.19. The average Bonchev–Trinajstić information content (AvgIpc) is 2.84. The van der Waals surface area contributed by atoms with Gasteiger partial charge in [-0.05, 0) is 37.2 Å². The Labute approximate surface area is 102 Å². The first-order valence-electron chi connectivity index (χ1n) is 5.91. The lowest BCUT2D eigenvalue weighted by atomic mass is 10.0. The van der Waals surface area contributed by atoms with Crippen LogP contribution in [0.25, 0.3) is 0 Å². The molecular formula is C14H19NO2. The third-order valence-corrected chi connectivity index (χ3v) is 3.06. The van der Waals surface area contributed by atoms with Gasteiger partial charge in [0.25, 0.3) is 0 Å². The normalized spacial score (nSPS) is 16.3. The number of methoxy groups -OCH3 is 1. The van der Waals surface area contributed by atoms with Crippen LogP contribution in [0.3, 0.4) is 0 Å². The van der Waals surface area contributed by atoms with E-state index in [1.807, 2.05) is 13.1 Å². The largest absolute Gasteiger partial charge is 0.496 e. The average molecular weight is 233 g/mol. The number of ether oxygens (including phenoxy) is 2. The number of aryl methyl sites for hydroxylation is 1. The van der Waals surface area contributed by atoms with Gasteiger partial charge in [0, 0.05) is 6.42 Å². The van der Waals surface area contributed by atoms with Gasteiger partial charge in [0.05, 0.1) is 19.8 Å². The van der Waals surface area contributed by atoms with Gasteiger partial charge in [-0.1, -0.05) is 12.1 Å². The van der Waals surface area contributed by atoms with Crippen molar-refractivity contribution in [3.8, 4) is 5.75 Å². The van der Waals surface area contributed by atoms with E-state index in [9.17, 15) is 0 Å². The lowest BCUT2D eigenvalue weighted by molar-refractivity contribution is 0.218. The van der Waals surface area contributed by atoms with E-state index in [0.717, 1.165) is 30.1 Å². The Morgan fingerprint density at radius 3 is 2.76 bits per heavy atom. The first-order chi connectivity index (χ1) is 8.26. The predicted molar refractivity (Wildman–Crippen MR) is 68.2 cm³/mol. The summed E-state index contributed by atoms with van der Waals surface area (Å²) in [5, 5.41) is 3.29. The molecule has 0 saturated heterocycles. The molecule has 0 amide bonds. The Morgan fingerprint density at radius 2 is 2.24 bits per heavy atom. The fourth-order valence-corrected chi connectivity index (χ4v) is 2.19. The summed E-state index contributed by atoms with van der Waals surface area (Å²) in [5.41, 5.74) is 2.35. The molecule has 0 spiro atoms. The third-order valence-electron chi connectivity index (χ3n) is 3.06. The van der Waals surface area contributed by atoms with Gasteiger partial charge in [-0.15, -0.1) is 0 Å². The molecule has 1 heterocycles. The summed E-state index contributed by atoms with van der Waals surface area (Å²) >= 11 is 0. The summed E-state index contributed by atoms with van der Waals surface area (Å²) in [6.07, 6.45) is 3.16. The van der Waals surface area contributed by atoms with Gasteiger partial charge in [-0.2, -0.15) is 0 Å². The molecule has 1 aromatic rings. The maximum atomic E-state index is 5.62. The summed E-state index contributed by atoms with van der Waals surface area (Å²) in [6, 6.07) is 6.37. The second-order valence-electron chi connectivity index (χ2n) is 4.19. The monoisotopic (exact) mass is 233 g/mol. The molecule has 3 heteroatoms. The van der Waals surface area contributed by atoms with Crippen molar-refractivity contribution in [1.82, 2.24) is 5.32 Å². The minimum absolute atomic E-state index is 0.141. The van der Waals surface area contributed by atoms with Gasteiger partial charge in [-0.3, -0.25) is 0 Å². The van der Waals surface area contributed by atoms with Crippen LogP contribution in [0.5, 0.6) is 5.75 Å². The van der Waals surface area contributed by atoms with Gasteiger partial charge in [0.1, 0.15) is 11.5 Å². The molecule has 1 aromatic carbocycles. The summed E-state index contributed by atoms with van der Waals surface area (Å²) in [6.45, 7) is 2.85. The number of hydrogen-bond acceptors (Lipinski definition) is 3. The van der Waals surface area contributed by atoms with E-state index in [1.165, 1.54) is 5.56 Å². The minimum Gasteiger partial charge on any atom is -0.496 e. The van der Waals surface area contributed by atoms with Crippen LogP contribution in [0.2, 0.25) is 0 Å². The van der Waals surface area contributed by atoms with Gasteiger partial charge < -0.3 is 14.8 Å². The molecule has 92 valence electrons. The van der Waals surface area contributed by atoms with E-state index in [2.05, 4.69) is 30.4 Å². The molecule has 1 aliphatic heterocycles. The van der Waals surface area contributed by atoms with E-state index in [1.54, 1.807) is 7.11 Å². The second kappa shape index (κ2) is 5.23. The maximum absolute atomic E-state index is 5.62. The molecule has 0 fully saturated rings. The maximum Gasteiger partial charge on any atom is 0.121 e. The van der Waals surface area contributed by atoms with Gasteiger partial charge in [-0.25, -0.2) is 0 Å². The van der Waals surface area contributed by atoms with Crippen LogP contribution in [0, 0.1) is 6.92 Å². The molecular weight excluding hydrogens is 214 g/mol. The Kier molecular flexibility index (Phi) is 3.69. The van der Waals surface area contributed by atoms with Crippen LogP contribution in [-0.4, -0.2) is 20.8 Å². The number of nitrogens with one attached hydrogen (secondary N) is 1. The summed E-state index contributed by atoms with van der Waals surface area (Å²) in [7, 11) is 3.65. The Morgan fingerprint density at radius 1 is 1.41 bits per heavy atom. The number of rotatable bonds is 4. The van der Waals surface area contributed by atoms with Gasteiger partial charge in [0.15, 0.2) is 0 Å². The van der Waals surface area contributed by atoms with Crippen molar-refractivity contribution in [3.05, 3.63) is 41.2 Å². The molecule has 0 radical (unpaired) electrons. The second-order valence-corrected chi connectivity index (χ2v) is 4.19. The van der Waals surface area contributed by atoms with Gasteiger partial charge in [0.2, 0.25) is 0 Å². The summed E-state index contributed by atoms with van der Waals surface area (Å²) < 4.78 is 10.9. The summed E-state index contributed by atoms with van der Waals surface area (Å²) in [4.78, 5) is 0. The molecule has 3 nitrogen and oxygen atoms in total. The SMILES string of the molecule is CNC(C1=CCCO1)c1ccc(OC)c(C)c1. The molecule has 2 rings (SSSR count). The van der Waals surface area contributed by atoms with Crippen molar-refractivity contribution in [2.45, 2.75) is 19.4 Å². The Balaban J connectivity index is 2.28. The van der Waals surface area contributed by atoms with Crippen molar-refractivity contribution < 1.29 is 9.47 Å². The zero-order valence-corrected chi connectivity index (χ0v) is 10.6. The number of hydrogen-bond donors (Lipinski definition) is 1. The highest BCUT2D eigenvalue weighted by Gasteiger charge is 2.19. The van der Waals surface area contributed by atoms with Crippen LogP contribution in [0.15, 0.2) is 30.0 Å². The van der Waals surface area contributed by atoms with Crippen molar-refractivity contribution in [2.24, 2.45) is 0 Å². The molecule has 1 unspecified atom stereocenters. The molecule has 0 aliphatic carbocycles. The van der Waals surface area contributed by atoms with Crippen LogP contribution in [-0.2, 0) is 4.74 Å². The van der Waals surface area contributed by atoms with Gasteiger partial charge >= 0.3 is 0 Å². The van der Waals surface area contributed by atoms with Crippen molar-refractivity contribution >= 4 is 0 Å². The van der Waals surface area contributed by atoms with Crippen molar-refractivity contribution in [2.75, 3.05) is 20.8 Å². The quantitative estimate of drug-likeness (QED) is 0.867. The molecule has 0 bridgehead atoms. The van der Waals surface area contributed by atoms with E-state index in [0.29, 0.717) is 0 Å². The standard InChI is InChI=1S/C14H19NO2/c1-10-9-11(6-7-12(10)16-3)14(15-2)13-5-4-8-17-13/h5-7,9,14-15H,4,8H2,1-3H3. The zero-order chi connectivity index (χ0) is 12.3.